The molecule has 0 unspecified atom stereocenters. The molecule has 0 bridgehead atoms. The number of nitrogens with zero attached hydrogens (tertiary/aromatic N) is 6. The second-order valence-electron chi connectivity index (χ2n) is 5.59. The van der Waals surface area contributed by atoms with Crippen LogP contribution >= 0.6 is 0 Å². The van der Waals surface area contributed by atoms with E-state index in [4.69, 9.17) is 10.8 Å². The summed E-state index contributed by atoms with van der Waals surface area (Å²) in [7, 11) is 0. The molecule has 26 heavy (non-hydrogen) atoms. The van der Waals surface area contributed by atoms with Crippen LogP contribution in [0.1, 0.15) is 22.3 Å². The lowest BCUT2D eigenvalue weighted by atomic mass is 10.1. The molecule has 0 radical (unpaired) electrons. The molecule has 0 N–H and O–H groups in total. The van der Waals surface area contributed by atoms with E-state index in [0.717, 1.165) is 5.56 Å². The number of nitro benzene ring substituents is 2. The van der Waals surface area contributed by atoms with Crippen molar-refractivity contribution in [3.63, 3.8) is 0 Å². The third-order valence-electron chi connectivity index (χ3n) is 3.52. The fourth-order valence-corrected chi connectivity index (χ4v) is 2.32. The highest BCUT2D eigenvalue weighted by molar-refractivity contribution is 5.67. The normalized spacial score (nSPS) is 9.31. The topological polar surface area (TPSA) is 143 Å². The van der Waals surface area contributed by atoms with Crippen LogP contribution in [-0.2, 0) is 0 Å². The van der Waals surface area contributed by atoms with Crippen LogP contribution in [0.4, 0.5) is 22.7 Å². The molecule has 0 aliphatic heterocycles. The van der Waals surface area contributed by atoms with E-state index >= 15 is 0 Å². The van der Waals surface area contributed by atoms with Gasteiger partial charge in [0.2, 0.25) is 10.8 Å². The van der Waals surface area contributed by atoms with Gasteiger partial charge in [-0.05, 0) is 44.9 Å². The number of nitro groups is 2. The van der Waals surface area contributed by atoms with Gasteiger partial charge in [-0.25, -0.2) is 0 Å². The summed E-state index contributed by atoms with van der Waals surface area (Å²) >= 11 is 0. The summed E-state index contributed by atoms with van der Waals surface area (Å²) in [4.78, 5) is 25.9. The lowest BCUT2D eigenvalue weighted by Crippen LogP contribution is -1.92. The highest BCUT2D eigenvalue weighted by atomic mass is 16.6. The first-order valence-electron chi connectivity index (χ1n) is 7.33. The van der Waals surface area contributed by atoms with Crippen molar-refractivity contribution in [3.05, 3.63) is 76.7 Å². The first-order valence-corrected chi connectivity index (χ1v) is 7.33. The first-order chi connectivity index (χ1) is 12.1. The maximum Gasteiger partial charge on any atom is 0.463 e. The molecule has 2 aromatic carbocycles. The van der Waals surface area contributed by atoms with Gasteiger partial charge < -0.3 is 0 Å². The zero-order chi connectivity index (χ0) is 20.0. The molecule has 2 rings (SSSR count). The Morgan fingerprint density at radius 3 is 1.77 bits per heavy atom. The molecule has 0 fully saturated rings. The summed E-state index contributed by atoms with van der Waals surface area (Å²) < 4.78 is 0. The fourth-order valence-electron chi connectivity index (χ4n) is 2.32. The van der Waals surface area contributed by atoms with E-state index in [2.05, 4.69) is 9.95 Å². The van der Waals surface area contributed by atoms with Gasteiger partial charge in [0.15, 0.2) is 9.95 Å². The van der Waals surface area contributed by atoms with Gasteiger partial charge in [0.05, 0.1) is 15.4 Å². The largest absolute Gasteiger partial charge is 0.463 e. The number of hydrogen-bond donors (Lipinski definition) is 0. The molecule has 10 nitrogen and oxygen atoms in total. The van der Waals surface area contributed by atoms with Gasteiger partial charge in [-0.1, -0.05) is 0 Å². The molecule has 0 atom stereocenters. The van der Waals surface area contributed by atoms with E-state index < -0.39 is 9.85 Å². The van der Waals surface area contributed by atoms with Gasteiger partial charge in [-0.3, -0.25) is 20.2 Å². The summed E-state index contributed by atoms with van der Waals surface area (Å²) in [6, 6.07) is 6.14. The molecule has 10 heteroatoms. The Morgan fingerprint density at radius 1 is 0.808 bits per heavy atom. The Kier molecular flexibility index (Phi) is 6.39. The van der Waals surface area contributed by atoms with E-state index in [1.165, 1.54) is 12.1 Å². The maximum absolute atomic E-state index is 10.5. The minimum absolute atomic E-state index is 0.0206. The smallest absolute Gasteiger partial charge is 0.258 e. The highest BCUT2D eigenvalue weighted by Crippen LogP contribution is 2.32. The predicted octanol–water partition coefficient (Wildman–Crippen LogP) is 5.39. The average molecular weight is 356 g/mol. The molecular formula is C16H16N6O4+2. The molecule has 0 aromatic heterocycles. The van der Waals surface area contributed by atoms with Gasteiger partial charge >= 0.3 is 17.1 Å². The number of aryl methyl sites for hydroxylation is 3. The molecule has 132 valence electrons. The van der Waals surface area contributed by atoms with Crippen molar-refractivity contribution in [1.82, 2.24) is 0 Å². The van der Waals surface area contributed by atoms with Crippen LogP contribution in [0.2, 0.25) is 0 Å². The van der Waals surface area contributed by atoms with Crippen LogP contribution in [0.5, 0.6) is 0 Å². The summed E-state index contributed by atoms with van der Waals surface area (Å²) in [5.41, 5.74) is 2.52. The van der Waals surface area contributed by atoms with Crippen molar-refractivity contribution in [3.8, 4) is 0 Å². The van der Waals surface area contributed by atoms with Gasteiger partial charge in [0.25, 0.3) is 5.69 Å². The van der Waals surface area contributed by atoms with Crippen LogP contribution in [0.3, 0.4) is 0 Å². The lowest BCUT2D eigenvalue weighted by molar-refractivity contribution is -0.385. The van der Waals surface area contributed by atoms with Crippen LogP contribution in [0, 0.1) is 58.7 Å². The molecule has 0 heterocycles. The van der Waals surface area contributed by atoms with E-state index in [1.807, 2.05) is 0 Å². The summed E-state index contributed by atoms with van der Waals surface area (Å²) in [6.07, 6.45) is 0. The quantitative estimate of drug-likeness (QED) is 0.401. The van der Waals surface area contributed by atoms with Crippen molar-refractivity contribution in [2.24, 2.45) is 0 Å². The summed E-state index contributed by atoms with van der Waals surface area (Å²) in [6.45, 7) is 6.67. The monoisotopic (exact) mass is 356 g/mol. The van der Waals surface area contributed by atoms with Crippen molar-refractivity contribution < 1.29 is 9.85 Å². The van der Waals surface area contributed by atoms with Crippen molar-refractivity contribution in [2.75, 3.05) is 0 Å². The summed E-state index contributed by atoms with van der Waals surface area (Å²) in [5, 5.41) is 38.2. The number of diazo groups is 2. The van der Waals surface area contributed by atoms with Crippen molar-refractivity contribution in [2.45, 2.75) is 27.7 Å². The van der Waals surface area contributed by atoms with E-state index in [1.54, 1.807) is 39.8 Å². The van der Waals surface area contributed by atoms with Gasteiger partial charge in [0.1, 0.15) is 5.56 Å². The molecule has 0 aliphatic rings. The fraction of sp³-hybridized carbons (Fsp3) is 0.250. The highest BCUT2D eigenvalue weighted by Gasteiger charge is 2.27. The van der Waals surface area contributed by atoms with E-state index in [0.29, 0.717) is 16.7 Å². The molecule has 0 spiro atoms. The van der Waals surface area contributed by atoms with Crippen LogP contribution in [0.15, 0.2) is 24.3 Å². The Labute approximate surface area is 148 Å². The maximum atomic E-state index is 10.5. The molecule has 0 saturated heterocycles. The summed E-state index contributed by atoms with van der Waals surface area (Å²) in [5.74, 6) is 0. The van der Waals surface area contributed by atoms with Crippen molar-refractivity contribution in [1.29, 1.82) is 10.8 Å². The minimum Gasteiger partial charge on any atom is -0.258 e. The number of rotatable bonds is 2. The molecule has 0 aliphatic carbocycles. The zero-order valence-electron chi connectivity index (χ0n) is 14.6. The van der Waals surface area contributed by atoms with E-state index in [-0.39, 0.29) is 22.7 Å². The average Bonchev–Trinajstić information content (AvgIpc) is 2.56. The van der Waals surface area contributed by atoms with Crippen LogP contribution in [0.25, 0.3) is 9.95 Å². The number of hydrogen-bond acceptors (Lipinski definition) is 6. The SMILES string of the molecule is Cc1cc(C)c([N+]#N)c([N+](=O)[O-])c1.Cc1cc([N+]#N)c(C)c([N+](=O)[O-])c1. The first kappa shape index (κ1) is 20.1. The third kappa shape index (κ3) is 4.55. The second kappa shape index (κ2) is 8.26. The van der Waals surface area contributed by atoms with E-state index in [9.17, 15) is 20.2 Å². The lowest BCUT2D eigenvalue weighted by Gasteiger charge is -1.94. The molecule has 2 aromatic rings. The third-order valence-corrected chi connectivity index (χ3v) is 3.52. The Hall–Kier alpha value is -3.92. The van der Waals surface area contributed by atoms with Crippen LogP contribution in [-0.4, -0.2) is 9.85 Å². The Bertz CT molecular complexity index is 972. The number of benzene rings is 2. The Morgan fingerprint density at radius 2 is 1.31 bits per heavy atom. The molecule has 0 saturated carbocycles. The van der Waals surface area contributed by atoms with Gasteiger partial charge in [0, 0.05) is 18.2 Å². The van der Waals surface area contributed by atoms with Gasteiger partial charge in [-0.2, -0.15) is 0 Å². The van der Waals surface area contributed by atoms with Crippen molar-refractivity contribution >= 4 is 22.7 Å². The molecular weight excluding hydrogens is 340 g/mol. The van der Waals surface area contributed by atoms with Gasteiger partial charge in [-0.15, -0.1) is 0 Å². The van der Waals surface area contributed by atoms with Crippen LogP contribution < -0.4 is 0 Å². The molecule has 0 amide bonds. The zero-order valence-corrected chi connectivity index (χ0v) is 14.6. The predicted molar refractivity (Wildman–Crippen MR) is 94.6 cm³/mol. The second-order valence-corrected chi connectivity index (χ2v) is 5.59. The minimum atomic E-state index is -0.560. The Balaban J connectivity index is 0.000000260. The standard InChI is InChI=1S/2C8H8N3O2/c1-5-3-7(10-9)6(2)8(4-5)11(12)13;1-5-3-6(2)8(10-9)7(4-5)11(12)13/h2*3-4H,1-2H3/q2*+1.